The number of likely N-dealkylation sites (tertiary alicyclic amines) is 1. The first-order valence-electron chi connectivity index (χ1n) is 9.15. The Balaban J connectivity index is 2.00. The Labute approximate surface area is 151 Å². The molecule has 1 saturated heterocycles. The lowest BCUT2D eigenvalue weighted by Crippen LogP contribution is -2.39. The Hall–Kier alpha value is -1.20. The molecule has 0 radical (unpaired) electrons. The van der Waals surface area contributed by atoms with Crippen molar-refractivity contribution in [2.75, 3.05) is 44.7 Å². The maximum Gasteiger partial charge on any atom is 0.191 e. The average molecular weight is 349 g/mol. The van der Waals surface area contributed by atoms with Crippen molar-refractivity contribution in [3.63, 3.8) is 0 Å². The zero-order chi connectivity index (χ0) is 17.0. The van der Waals surface area contributed by atoms with Crippen LogP contribution in [0.15, 0.2) is 35.3 Å². The third-order valence-electron chi connectivity index (χ3n) is 4.35. The maximum absolute atomic E-state index is 4.88. The molecule has 5 heteroatoms. The van der Waals surface area contributed by atoms with Gasteiger partial charge in [0, 0.05) is 13.1 Å². The van der Waals surface area contributed by atoms with Crippen molar-refractivity contribution in [1.82, 2.24) is 15.5 Å². The number of guanidine groups is 1. The van der Waals surface area contributed by atoms with E-state index in [1.165, 1.54) is 43.7 Å². The molecule has 0 amide bonds. The first kappa shape index (κ1) is 19.1. The summed E-state index contributed by atoms with van der Waals surface area (Å²) >= 11 is 1.89. The van der Waals surface area contributed by atoms with Gasteiger partial charge < -0.3 is 10.6 Å². The number of nitrogens with zero attached hydrogens (tertiary/aromatic N) is 2. The predicted molar refractivity (Wildman–Crippen MR) is 107 cm³/mol. The standard InChI is InChI=1S/C19H32N4S/c1-3-20-19(21-12-9-15-24-2)22-16-18(23-13-7-8-14-23)17-10-5-4-6-11-17/h4-6,10-11,18H,3,7-9,12-16H2,1-2H3,(H2,20,21,22). The monoisotopic (exact) mass is 348 g/mol. The highest BCUT2D eigenvalue weighted by molar-refractivity contribution is 7.98. The minimum atomic E-state index is 0.385. The van der Waals surface area contributed by atoms with Crippen LogP contribution in [0.25, 0.3) is 0 Å². The largest absolute Gasteiger partial charge is 0.357 e. The summed E-state index contributed by atoms with van der Waals surface area (Å²) in [5.41, 5.74) is 1.38. The summed E-state index contributed by atoms with van der Waals surface area (Å²) in [6.07, 6.45) is 5.93. The van der Waals surface area contributed by atoms with Crippen molar-refractivity contribution >= 4 is 17.7 Å². The van der Waals surface area contributed by atoms with Crippen LogP contribution in [0.4, 0.5) is 0 Å². The second-order valence-electron chi connectivity index (χ2n) is 6.16. The zero-order valence-electron chi connectivity index (χ0n) is 15.1. The summed E-state index contributed by atoms with van der Waals surface area (Å²) in [5.74, 6) is 2.13. The first-order chi connectivity index (χ1) is 11.8. The van der Waals surface area contributed by atoms with E-state index in [1.54, 1.807) is 0 Å². The molecular weight excluding hydrogens is 316 g/mol. The fourth-order valence-corrected chi connectivity index (χ4v) is 3.54. The van der Waals surface area contributed by atoms with Gasteiger partial charge in [-0.15, -0.1) is 0 Å². The normalized spacial score (nSPS) is 17.0. The lowest BCUT2D eigenvalue weighted by molar-refractivity contribution is 0.251. The van der Waals surface area contributed by atoms with Gasteiger partial charge in [-0.2, -0.15) is 11.8 Å². The van der Waals surface area contributed by atoms with E-state index in [2.05, 4.69) is 59.0 Å². The maximum atomic E-state index is 4.88. The number of hydrogen-bond donors (Lipinski definition) is 2. The van der Waals surface area contributed by atoms with Crippen LogP contribution in [0.5, 0.6) is 0 Å². The van der Waals surface area contributed by atoms with Crippen LogP contribution in [0.1, 0.15) is 37.8 Å². The molecule has 2 N–H and O–H groups in total. The number of rotatable bonds is 9. The molecule has 0 saturated carbocycles. The zero-order valence-corrected chi connectivity index (χ0v) is 15.9. The number of thioether (sulfide) groups is 1. The molecule has 1 aromatic rings. The lowest BCUT2D eigenvalue weighted by atomic mass is 10.1. The van der Waals surface area contributed by atoms with E-state index in [0.29, 0.717) is 6.04 Å². The highest BCUT2D eigenvalue weighted by Crippen LogP contribution is 2.25. The van der Waals surface area contributed by atoms with Crippen LogP contribution in [0.2, 0.25) is 0 Å². The van der Waals surface area contributed by atoms with Gasteiger partial charge in [-0.05, 0) is 56.8 Å². The fraction of sp³-hybridized carbons (Fsp3) is 0.632. The van der Waals surface area contributed by atoms with Crippen LogP contribution in [0, 0.1) is 0 Å². The Morgan fingerprint density at radius 3 is 2.62 bits per heavy atom. The van der Waals surface area contributed by atoms with Gasteiger partial charge in [0.15, 0.2) is 5.96 Å². The molecule has 1 aliphatic rings. The van der Waals surface area contributed by atoms with E-state index in [4.69, 9.17) is 4.99 Å². The van der Waals surface area contributed by atoms with Crippen LogP contribution in [-0.2, 0) is 0 Å². The van der Waals surface area contributed by atoms with Crippen molar-refractivity contribution in [1.29, 1.82) is 0 Å². The van der Waals surface area contributed by atoms with E-state index in [0.717, 1.165) is 25.6 Å². The van der Waals surface area contributed by atoms with Crippen molar-refractivity contribution in [2.45, 2.75) is 32.2 Å². The second-order valence-corrected chi connectivity index (χ2v) is 7.15. The van der Waals surface area contributed by atoms with Crippen molar-refractivity contribution < 1.29 is 0 Å². The van der Waals surface area contributed by atoms with E-state index in [-0.39, 0.29) is 0 Å². The summed E-state index contributed by atoms with van der Waals surface area (Å²) in [5, 5.41) is 6.83. The molecule has 1 aromatic carbocycles. The van der Waals surface area contributed by atoms with Gasteiger partial charge in [0.05, 0.1) is 12.6 Å². The van der Waals surface area contributed by atoms with Gasteiger partial charge >= 0.3 is 0 Å². The quantitative estimate of drug-likeness (QED) is 0.409. The van der Waals surface area contributed by atoms with E-state index < -0.39 is 0 Å². The highest BCUT2D eigenvalue weighted by Gasteiger charge is 2.23. The Morgan fingerprint density at radius 1 is 1.21 bits per heavy atom. The molecule has 0 bridgehead atoms. The molecule has 24 heavy (non-hydrogen) atoms. The van der Waals surface area contributed by atoms with Crippen LogP contribution in [0.3, 0.4) is 0 Å². The molecule has 0 spiro atoms. The number of aliphatic imine (C=N–C) groups is 1. The minimum Gasteiger partial charge on any atom is -0.357 e. The smallest absolute Gasteiger partial charge is 0.191 e. The van der Waals surface area contributed by atoms with Crippen molar-refractivity contribution in [2.24, 2.45) is 4.99 Å². The Morgan fingerprint density at radius 2 is 1.96 bits per heavy atom. The molecule has 1 aliphatic heterocycles. The van der Waals surface area contributed by atoms with E-state index in [1.807, 2.05) is 11.8 Å². The van der Waals surface area contributed by atoms with Crippen LogP contribution < -0.4 is 10.6 Å². The average Bonchev–Trinajstić information content (AvgIpc) is 3.14. The first-order valence-corrected chi connectivity index (χ1v) is 10.5. The minimum absolute atomic E-state index is 0.385. The summed E-state index contributed by atoms with van der Waals surface area (Å²) in [6.45, 7) is 7.18. The molecule has 1 heterocycles. The highest BCUT2D eigenvalue weighted by atomic mass is 32.2. The molecule has 1 atom stereocenters. The Kier molecular flexibility index (Phi) is 9.06. The molecular formula is C19H32N4S. The number of benzene rings is 1. The Bertz CT molecular complexity index is 472. The number of hydrogen-bond acceptors (Lipinski definition) is 3. The summed E-state index contributed by atoms with van der Waals surface area (Å²) in [4.78, 5) is 7.46. The van der Waals surface area contributed by atoms with Gasteiger partial charge in [0.2, 0.25) is 0 Å². The van der Waals surface area contributed by atoms with Gasteiger partial charge in [0.1, 0.15) is 0 Å². The molecule has 2 rings (SSSR count). The van der Waals surface area contributed by atoms with Gasteiger partial charge in [0.25, 0.3) is 0 Å². The summed E-state index contributed by atoms with van der Waals surface area (Å²) in [7, 11) is 0. The van der Waals surface area contributed by atoms with Crippen LogP contribution >= 0.6 is 11.8 Å². The number of nitrogens with one attached hydrogen (secondary N) is 2. The molecule has 0 aromatic heterocycles. The van der Waals surface area contributed by atoms with Gasteiger partial charge in [-0.3, -0.25) is 9.89 Å². The topological polar surface area (TPSA) is 39.7 Å². The van der Waals surface area contributed by atoms with Crippen molar-refractivity contribution in [3.8, 4) is 0 Å². The van der Waals surface area contributed by atoms with Crippen LogP contribution in [-0.4, -0.2) is 55.6 Å². The van der Waals surface area contributed by atoms with E-state index in [9.17, 15) is 0 Å². The molecule has 1 unspecified atom stereocenters. The third-order valence-corrected chi connectivity index (χ3v) is 5.05. The van der Waals surface area contributed by atoms with E-state index >= 15 is 0 Å². The second kappa shape index (κ2) is 11.4. The molecule has 134 valence electrons. The molecule has 0 aliphatic carbocycles. The predicted octanol–water partition coefficient (Wildman–Crippen LogP) is 3.13. The van der Waals surface area contributed by atoms with Gasteiger partial charge in [-0.25, -0.2) is 0 Å². The third kappa shape index (κ3) is 6.36. The summed E-state index contributed by atoms with van der Waals surface area (Å²) < 4.78 is 0. The van der Waals surface area contributed by atoms with Gasteiger partial charge in [-0.1, -0.05) is 30.3 Å². The summed E-state index contributed by atoms with van der Waals surface area (Å²) in [6, 6.07) is 11.2. The molecule has 1 fully saturated rings. The van der Waals surface area contributed by atoms with Crippen molar-refractivity contribution in [3.05, 3.63) is 35.9 Å². The fourth-order valence-electron chi connectivity index (χ4n) is 3.10. The SMILES string of the molecule is CCNC(=NCC(c1ccccc1)N1CCCC1)NCCCSC. The molecule has 4 nitrogen and oxygen atoms in total. The lowest BCUT2D eigenvalue weighted by Gasteiger charge is -2.27.